The number of hydrogen-bond donors (Lipinski definition) is 1. The molecule has 0 spiro atoms. The predicted molar refractivity (Wildman–Crippen MR) is 94.1 cm³/mol. The lowest BCUT2D eigenvalue weighted by Crippen LogP contribution is -2.29. The van der Waals surface area contributed by atoms with E-state index in [1.165, 1.54) is 35.3 Å². The van der Waals surface area contributed by atoms with Gasteiger partial charge in [-0.2, -0.15) is 0 Å². The van der Waals surface area contributed by atoms with Gasteiger partial charge < -0.3 is 10.1 Å². The zero-order valence-corrected chi connectivity index (χ0v) is 14.3. The van der Waals surface area contributed by atoms with E-state index in [4.69, 9.17) is 4.74 Å². The smallest absolute Gasteiger partial charge is 0.122 e. The van der Waals surface area contributed by atoms with Crippen molar-refractivity contribution in [3.8, 4) is 5.75 Å². The number of nitrogens with one attached hydrogen (secondary N) is 1. The van der Waals surface area contributed by atoms with Crippen LogP contribution in [0.1, 0.15) is 34.8 Å². The van der Waals surface area contributed by atoms with Gasteiger partial charge in [-0.25, -0.2) is 0 Å². The average molecular weight is 315 g/mol. The second kappa shape index (κ2) is 7.30. The van der Waals surface area contributed by atoms with Crippen LogP contribution < -0.4 is 10.1 Å². The third-order valence-corrected chi connectivity index (χ3v) is 5.71. The van der Waals surface area contributed by atoms with E-state index < -0.39 is 0 Å². The Labute approximate surface area is 137 Å². The van der Waals surface area contributed by atoms with Gasteiger partial charge in [0.15, 0.2) is 0 Å². The van der Waals surface area contributed by atoms with Crippen LogP contribution in [0, 0.1) is 5.92 Å². The van der Waals surface area contributed by atoms with Gasteiger partial charge in [0.1, 0.15) is 5.75 Å². The highest BCUT2D eigenvalue weighted by molar-refractivity contribution is 7.09. The van der Waals surface area contributed by atoms with E-state index in [1.54, 1.807) is 7.11 Å². The van der Waals surface area contributed by atoms with Crippen LogP contribution in [0.2, 0.25) is 0 Å². The third-order valence-electron chi connectivity index (χ3n) is 4.81. The summed E-state index contributed by atoms with van der Waals surface area (Å²) in [4.78, 5) is 1.50. The molecule has 3 heteroatoms. The van der Waals surface area contributed by atoms with Gasteiger partial charge in [-0.15, -0.1) is 11.3 Å². The fourth-order valence-electron chi connectivity index (χ4n) is 3.84. The molecule has 0 radical (unpaired) electrons. The summed E-state index contributed by atoms with van der Waals surface area (Å²) < 4.78 is 5.59. The molecule has 22 heavy (non-hydrogen) atoms. The van der Waals surface area contributed by atoms with Crippen molar-refractivity contribution < 1.29 is 4.74 Å². The fraction of sp³-hybridized carbons (Fsp3) is 0.474. The summed E-state index contributed by atoms with van der Waals surface area (Å²) in [6.07, 6.45) is 4.88. The first kappa shape index (κ1) is 15.6. The molecule has 0 saturated heterocycles. The first-order chi connectivity index (χ1) is 10.8. The van der Waals surface area contributed by atoms with Crippen LogP contribution in [-0.2, 0) is 12.8 Å². The number of ether oxygens (including phenoxy) is 1. The summed E-state index contributed by atoms with van der Waals surface area (Å²) >= 11 is 1.88. The first-order valence-corrected chi connectivity index (χ1v) is 9.04. The van der Waals surface area contributed by atoms with Crippen molar-refractivity contribution in [3.05, 3.63) is 51.7 Å². The molecule has 1 aromatic heterocycles. The Morgan fingerprint density at radius 1 is 1.32 bits per heavy atom. The molecule has 118 valence electrons. The number of thiophene rings is 1. The predicted octanol–water partition coefficient (Wildman–Crippen LogP) is 4.25. The van der Waals surface area contributed by atoms with Crippen molar-refractivity contribution in [2.45, 2.75) is 31.6 Å². The highest BCUT2D eigenvalue weighted by Crippen LogP contribution is 2.41. The molecule has 2 unspecified atom stereocenters. The van der Waals surface area contributed by atoms with Crippen LogP contribution in [0.5, 0.6) is 5.75 Å². The molecule has 1 N–H and O–H groups in total. The standard InChI is InChI=1S/C19H25NOS/c1-20-13-14(12-15-6-5-11-22-15)16-7-3-9-18-17(16)8-4-10-19(18)21-2/h4-6,8,10-11,14,16,20H,3,7,9,12-13H2,1-2H3. The summed E-state index contributed by atoms with van der Waals surface area (Å²) in [5, 5.41) is 5.59. The summed E-state index contributed by atoms with van der Waals surface area (Å²) in [5.74, 6) is 2.35. The number of methoxy groups -OCH3 is 1. The van der Waals surface area contributed by atoms with E-state index in [0.717, 1.165) is 18.7 Å². The summed E-state index contributed by atoms with van der Waals surface area (Å²) in [6.45, 7) is 1.07. The highest BCUT2D eigenvalue weighted by Gasteiger charge is 2.29. The van der Waals surface area contributed by atoms with E-state index >= 15 is 0 Å². The van der Waals surface area contributed by atoms with E-state index in [0.29, 0.717) is 11.8 Å². The van der Waals surface area contributed by atoms with Gasteiger partial charge in [0, 0.05) is 4.88 Å². The largest absolute Gasteiger partial charge is 0.496 e. The molecule has 0 bridgehead atoms. The molecular formula is C19H25NOS. The maximum Gasteiger partial charge on any atom is 0.122 e. The van der Waals surface area contributed by atoms with Gasteiger partial charge in [0.25, 0.3) is 0 Å². The zero-order valence-electron chi connectivity index (χ0n) is 13.5. The molecular weight excluding hydrogens is 290 g/mol. The molecule has 2 aromatic rings. The number of hydrogen-bond acceptors (Lipinski definition) is 3. The quantitative estimate of drug-likeness (QED) is 0.860. The SMILES string of the molecule is CNCC(Cc1cccs1)C1CCCc2c(OC)cccc21. The van der Waals surface area contributed by atoms with Crippen LogP contribution in [-0.4, -0.2) is 20.7 Å². The topological polar surface area (TPSA) is 21.3 Å². The van der Waals surface area contributed by atoms with Crippen molar-refractivity contribution in [1.82, 2.24) is 5.32 Å². The van der Waals surface area contributed by atoms with Gasteiger partial charge >= 0.3 is 0 Å². The molecule has 1 aromatic carbocycles. The monoisotopic (exact) mass is 315 g/mol. The zero-order chi connectivity index (χ0) is 15.4. The lowest BCUT2D eigenvalue weighted by molar-refractivity contribution is 0.357. The molecule has 3 rings (SSSR count). The molecule has 0 fully saturated rings. The molecule has 2 atom stereocenters. The highest BCUT2D eigenvalue weighted by atomic mass is 32.1. The number of benzene rings is 1. The van der Waals surface area contributed by atoms with Gasteiger partial charge in [-0.3, -0.25) is 0 Å². The van der Waals surface area contributed by atoms with Crippen LogP contribution >= 0.6 is 11.3 Å². The van der Waals surface area contributed by atoms with Crippen molar-refractivity contribution >= 4 is 11.3 Å². The first-order valence-electron chi connectivity index (χ1n) is 8.16. The second-order valence-electron chi connectivity index (χ2n) is 6.13. The van der Waals surface area contributed by atoms with Crippen LogP contribution in [0.25, 0.3) is 0 Å². The average Bonchev–Trinajstić information content (AvgIpc) is 3.06. The molecule has 1 aliphatic carbocycles. The summed E-state index contributed by atoms with van der Waals surface area (Å²) in [5.41, 5.74) is 2.95. The lowest BCUT2D eigenvalue weighted by Gasteiger charge is -2.33. The second-order valence-corrected chi connectivity index (χ2v) is 7.16. The molecule has 1 aliphatic rings. The molecule has 0 saturated carbocycles. The number of fused-ring (bicyclic) bond motifs is 1. The lowest BCUT2D eigenvalue weighted by atomic mass is 9.74. The van der Waals surface area contributed by atoms with E-state index in [-0.39, 0.29) is 0 Å². The Bertz CT molecular complexity index is 593. The number of rotatable bonds is 6. The Morgan fingerprint density at radius 2 is 2.23 bits per heavy atom. The van der Waals surface area contributed by atoms with E-state index in [2.05, 4.69) is 48.1 Å². The Morgan fingerprint density at radius 3 is 2.95 bits per heavy atom. The molecule has 2 nitrogen and oxygen atoms in total. The fourth-order valence-corrected chi connectivity index (χ4v) is 4.64. The van der Waals surface area contributed by atoms with Crippen LogP contribution in [0.15, 0.2) is 35.7 Å². The minimum absolute atomic E-state index is 0.633. The third kappa shape index (κ3) is 3.21. The molecule has 0 aliphatic heterocycles. The van der Waals surface area contributed by atoms with E-state index in [9.17, 15) is 0 Å². The van der Waals surface area contributed by atoms with Crippen LogP contribution in [0.3, 0.4) is 0 Å². The van der Waals surface area contributed by atoms with Crippen LogP contribution in [0.4, 0.5) is 0 Å². The summed E-state index contributed by atoms with van der Waals surface area (Å²) in [6, 6.07) is 11.0. The minimum atomic E-state index is 0.633. The maximum atomic E-state index is 5.59. The van der Waals surface area contributed by atoms with Gasteiger partial charge in [-0.05, 0) is 79.8 Å². The van der Waals surface area contributed by atoms with Gasteiger partial charge in [-0.1, -0.05) is 18.2 Å². The molecule has 1 heterocycles. The van der Waals surface area contributed by atoms with Crippen molar-refractivity contribution in [1.29, 1.82) is 0 Å². The Kier molecular flexibility index (Phi) is 5.16. The van der Waals surface area contributed by atoms with Gasteiger partial charge in [0.2, 0.25) is 0 Å². The van der Waals surface area contributed by atoms with Crippen molar-refractivity contribution in [3.63, 3.8) is 0 Å². The van der Waals surface area contributed by atoms with E-state index in [1.807, 2.05) is 11.3 Å². The normalized spacial score (nSPS) is 18.7. The molecule has 0 amide bonds. The van der Waals surface area contributed by atoms with Crippen molar-refractivity contribution in [2.75, 3.05) is 20.7 Å². The summed E-state index contributed by atoms with van der Waals surface area (Å²) in [7, 11) is 3.85. The Balaban J connectivity index is 1.89. The maximum absolute atomic E-state index is 5.59. The minimum Gasteiger partial charge on any atom is -0.496 e. The van der Waals surface area contributed by atoms with Crippen molar-refractivity contribution in [2.24, 2.45) is 5.92 Å². The van der Waals surface area contributed by atoms with Gasteiger partial charge in [0.05, 0.1) is 7.11 Å². The Hall–Kier alpha value is -1.32.